The lowest BCUT2D eigenvalue weighted by Gasteiger charge is -2.28. The van der Waals surface area contributed by atoms with Crippen LogP contribution in [0.5, 0.6) is 0 Å². The minimum absolute atomic E-state index is 0.0919. The normalized spacial score (nSPS) is 16.9. The van der Waals surface area contributed by atoms with Crippen LogP contribution in [0.1, 0.15) is 32.6 Å². The van der Waals surface area contributed by atoms with Crippen molar-refractivity contribution >= 4 is 5.91 Å². The van der Waals surface area contributed by atoms with Gasteiger partial charge in [-0.3, -0.25) is 4.79 Å². The Hall–Kier alpha value is -0.610. The van der Waals surface area contributed by atoms with Gasteiger partial charge in [0, 0.05) is 25.7 Å². The fourth-order valence-electron chi connectivity index (χ4n) is 2.14. The molecule has 0 aliphatic heterocycles. The maximum Gasteiger partial charge on any atom is 0.248 e. The summed E-state index contributed by atoms with van der Waals surface area (Å²) in [6.07, 6.45) is 4.71. The quantitative estimate of drug-likeness (QED) is 0.710. The molecule has 0 aromatic carbocycles. The highest BCUT2D eigenvalue weighted by atomic mass is 16.5. The number of hydrogen-bond donors (Lipinski definition) is 1. The van der Waals surface area contributed by atoms with Crippen molar-refractivity contribution in [2.45, 2.75) is 38.6 Å². The standard InChI is InChI=1S/C11H22N2O2/c1-2-15-9-11(14)13(8-7-12)10-5-3-4-6-10/h10H,2-9,12H2,1H3. The van der Waals surface area contributed by atoms with Gasteiger partial charge in [0.25, 0.3) is 0 Å². The topological polar surface area (TPSA) is 55.6 Å². The van der Waals surface area contributed by atoms with E-state index in [-0.39, 0.29) is 12.5 Å². The second kappa shape index (κ2) is 6.80. The van der Waals surface area contributed by atoms with E-state index < -0.39 is 0 Å². The first-order valence-corrected chi connectivity index (χ1v) is 5.86. The third-order valence-corrected chi connectivity index (χ3v) is 2.89. The van der Waals surface area contributed by atoms with E-state index in [4.69, 9.17) is 10.5 Å². The van der Waals surface area contributed by atoms with Gasteiger partial charge in [0.2, 0.25) is 5.91 Å². The van der Waals surface area contributed by atoms with E-state index in [9.17, 15) is 4.79 Å². The molecule has 1 amide bonds. The van der Waals surface area contributed by atoms with Crippen molar-refractivity contribution < 1.29 is 9.53 Å². The maximum absolute atomic E-state index is 11.8. The molecule has 0 bridgehead atoms. The van der Waals surface area contributed by atoms with Gasteiger partial charge in [-0.15, -0.1) is 0 Å². The Morgan fingerprint density at radius 1 is 1.47 bits per heavy atom. The lowest BCUT2D eigenvalue weighted by atomic mass is 10.2. The minimum Gasteiger partial charge on any atom is -0.372 e. The van der Waals surface area contributed by atoms with E-state index in [0.29, 0.717) is 25.7 Å². The molecule has 1 fully saturated rings. The van der Waals surface area contributed by atoms with Crippen LogP contribution in [0.2, 0.25) is 0 Å². The lowest BCUT2D eigenvalue weighted by molar-refractivity contribution is -0.138. The fraction of sp³-hybridized carbons (Fsp3) is 0.909. The molecule has 15 heavy (non-hydrogen) atoms. The van der Waals surface area contributed by atoms with E-state index in [1.165, 1.54) is 12.8 Å². The molecule has 0 aromatic heterocycles. The molecule has 1 aliphatic rings. The monoisotopic (exact) mass is 214 g/mol. The summed E-state index contributed by atoms with van der Waals surface area (Å²) in [5, 5.41) is 0. The number of ether oxygens (including phenoxy) is 1. The Balaban J connectivity index is 2.43. The van der Waals surface area contributed by atoms with Gasteiger partial charge in [-0.05, 0) is 19.8 Å². The number of hydrogen-bond acceptors (Lipinski definition) is 3. The third kappa shape index (κ3) is 3.80. The van der Waals surface area contributed by atoms with Crippen molar-refractivity contribution in [2.75, 3.05) is 26.3 Å². The highest BCUT2D eigenvalue weighted by molar-refractivity contribution is 5.77. The molecule has 4 heteroatoms. The van der Waals surface area contributed by atoms with Crippen molar-refractivity contribution in [2.24, 2.45) is 5.73 Å². The second-order valence-electron chi connectivity index (χ2n) is 3.95. The number of nitrogens with zero attached hydrogens (tertiary/aromatic N) is 1. The van der Waals surface area contributed by atoms with Crippen LogP contribution in [0.15, 0.2) is 0 Å². The van der Waals surface area contributed by atoms with Crippen LogP contribution in [0, 0.1) is 0 Å². The van der Waals surface area contributed by atoms with Gasteiger partial charge in [-0.2, -0.15) is 0 Å². The molecule has 0 radical (unpaired) electrons. The van der Waals surface area contributed by atoms with Gasteiger partial charge in [-0.1, -0.05) is 12.8 Å². The molecule has 0 unspecified atom stereocenters. The van der Waals surface area contributed by atoms with E-state index in [0.717, 1.165) is 12.8 Å². The van der Waals surface area contributed by atoms with Gasteiger partial charge < -0.3 is 15.4 Å². The van der Waals surface area contributed by atoms with Crippen molar-refractivity contribution in [1.29, 1.82) is 0 Å². The number of carbonyl (C=O) groups excluding carboxylic acids is 1. The summed E-state index contributed by atoms with van der Waals surface area (Å²) in [6, 6.07) is 0.404. The molecule has 0 atom stereocenters. The SMILES string of the molecule is CCOCC(=O)N(CCN)C1CCCC1. The van der Waals surface area contributed by atoms with E-state index in [1.54, 1.807) is 0 Å². The maximum atomic E-state index is 11.8. The minimum atomic E-state index is 0.0919. The van der Waals surface area contributed by atoms with Crippen LogP contribution >= 0.6 is 0 Å². The summed E-state index contributed by atoms with van der Waals surface area (Å²) >= 11 is 0. The Labute approximate surface area is 91.8 Å². The molecule has 0 saturated heterocycles. The van der Waals surface area contributed by atoms with Crippen LogP contribution in [0.25, 0.3) is 0 Å². The molecular formula is C11H22N2O2. The summed E-state index contributed by atoms with van der Waals surface area (Å²) < 4.78 is 5.15. The first-order valence-electron chi connectivity index (χ1n) is 5.86. The van der Waals surface area contributed by atoms with Crippen molar-refractivity contribution in [3.05, 3.63) is 0 Å². The Morgan fingerprint density at radius 3 is 2.67 bits per heavy atom. The van der Waals surface area contributed by atoms with Crippen LogP contribution in [0.4, 0.5) is 0 Å². The van der Waals surface area contributed by atoms with Gasteiger partial charge in [-0.25, -0.2) is 0 Å². The zero-order chi connectivity index (χ0) is 11.1. The highest BCUT2D eigenvalue weighted by Gasteiger charge is 2.25. The first kappa shape index (κ1) is 12.5. The lowest BCUT2D eigenvalue weighted by Crippen LogP contribution is -2.43. The molecule has 0 heterocycles. The molecule has 4 nitrogen and oxygen atoms in total. The van der Waals surface area contributed by atoms with Gasteiger partial charge in [0.05, 0.1) is 0 Å². The van der Waals surface area contributed by atoms with Gasteiger partial charge in [0.15, 0.2) is 0 Å². The predicted molar refractivity (Wildman–Crippen MR) is 59.5 cm³/mol. The summed E-state index contributed by atoms with van der Waals surface area (Å²) in [7, 11) is 0. The molecular weight excluding hydrogens is 192 g/mol. The molecule has 88 valence electrons. The Morgan fingerprint density at radius 2 is 2.13 bits per heavy atom. The third-order valence-electron chi connectivity index (χ3n) is 2.89. The summed E-state index contributed by atoms with van der Waals surface area (Å²) in [5.41, 5.74) is 5.53. The smallest absolute Gasteiger partial charge is 0.248 e. The van der Waals surface area contributed by atoms with Gasteiger partial charge in [0.1, 0.15) is 6.61 Å². The Bertz CT molecular complexity index is 191. The molecule has 1 aliphatic carbocycles. The molecule has 2 N–H and O–H groups in total. The summed E-state index contributed by atoms with van der Waals surface area (Å²) in [6.45, 7) is 3.89. The molecule has 1 rings (SSSR count). The van der Waals surface area contributed by atoms with E-state index in [2.05, 4.69) is 0 Å². The van der Waals surface area contributed by atoms with Crippen LogP contribution < -0.4 is 5.73 Å². The molecule has 0 spiro atoms. The molecule has 0 aromatic rings. The van der Waals surface area contributed by atoms with Crippen LogP contribution in [-0.2, 0) is 9.53 Å². The van der Waals surface area contributed by atoms with Crippen molar-refractivity contribution in [3.63, 3.8) is 0 Å². The van der Waals surface area contributed by atoms with Crippen molar-refractivity contribution in [3.8, 4) is 0 Å². The Kier molecular flexibility index (Phi) is 5.65. The largest absolute Gasteiger partial charge is 0.372 e. The number of nitrogens with two attached hydrogens (primary N) is 1. The van der Waals surface area contributed by atoms with Crippen LogP contribution in [0.3, 0.4) is 0 Å². The van der Waals surface area contributed by atoms with Gasteiger partial charge >= 0.3 is 0 Å². The number of carbonyl (C=O) groups is 1. The summed E-state index contributed by atoms with van der Waals surface area (Å²) in [4.78, 5) is 13.7. The predicted octanol–water partition coefficient (Wildman–Crippen LogP) is 0.753. The zero-order valence-electron chi connectivity index (χ0n) is 9.58. The zero-order valence-corrected chi connectivity index (χ0v) is 9.58. The molecule has 1 saturated carbocycles. The van der Waals surface area contributed by atoms with Crippen LogP contribution in [-0.4, -0.2) is 43.2 Å². The fourth-order valence-corrected chi connectivity index (χ4v) is 2.14. The van der Waals surface area contributed by atoms with E-state index in [1.807, 2.05) is 11.8 Å². The second-order valence-corrected chi connectivity index (χ2v) is 3.95. The highest BCUT2D eigenvalue weighted by Crippen LogP contribution is 2.23. The average Bonchev–Trinajstić information content (AvgIpc) is 2.75. The van der Waals surface area contributed by atoms with Crippen molar-refractivity contribution in [1.82, 2.24) is 4.90 Å². The average molecular weight is 214 g/mol. The number of rotatable bonds is 6. The first-order chi connectivity index (χ1) is 7.29. The van der Waals surface area contributed by atoms with E-state index >= 15 is 0 Å². The number of amides is 1. The summed E-state index contributed by atoms with van der Waals surface area (Å²) in [5.74, 6) is 0.0919.